The van der Waals surface area contributed by atoms with Gasteiger partial charge in [-0.1, -0.05) is 40.0 Å². The Hall–Kier alpha value is -1.05. The second-order valence-corrected chi connectivity index (χ2v) is 6.16. The SMILES string of the molecule is CC(C)(C)c1ccnc(NC2CCCCC2)c1. The lowest BCUT2D eigenvalue weighted by molar-refractivity contribution is 0.461. The van der Waals surface area contributed by atoms with Gasteiger partial charge in [0, 0.05) is 12.2 Å². The van der Waals surface area contributed by atoms with Crippen molar-refractivity contribution in [3.05, 3.63) is 23.9 Å². The second-order valence-electron chi connectivity index (χ2n) is 6.16. The lowest BCUT2D eigenvalue weighted by atomic mass is 9.87. The molecule has 1 saturated carbocycles. The first-order chi connectivity index (χ1) is 8.05. The first kappa shape index (κ1) is 12.4. The summed E-state index contributed by atoms with van der Waals surface area (Å²) in [6.45, 7) is 6.73. The van der Waals surface area contributed by atoms with Crippen LogP contribution in [0.1, 0.15) is 58.4 Å². The zero-order chi connectivity index (χ0) is 12.3. The molecule has 0 aliphatic heterocycles. The Labute approximate surface area is 105 Å². The highest BCUT2D eigenvalue weighted by atomic mass is 15.0. The standard InChI is InChI=1S/C15H24N2/c1-15(2,3)12-9-10-16-14(11-12)17-13-7-5-4-6-8-13/h9-11,13H,4-8H2,1-3H3,(H,16,17). The molecule has 1 aliphatic carbocycles. The van der Waals surface area contributed by atoms with E-state index in [0.717, 1.165) is 5.82 Å². The fourth-order valence-electron chi connectivity index (χ4n) is 2.43. The van der Waals surface area contributed by atoms with Gasteiger partial charge in [-0.15, -0.1) is 0 Å². The molecule has 1 fully saturated rings. The normalized spacial score (nSPS) is 18.1. The molecule has 17 heavy (non-hydrogen) atoms. The maximum absolute atomic E-state index is 4.44. The van der Waals surface area contributed by atoms with Crippen molar-refractivity contribution in [1.82, 2.24) is 4.98 Å². The van der Waals surface area contributed by atoms with E-state index in [1.165, 1.54) is 37.7 Å². The maximum atomic E-state index is 4.44. The molecule has 2 heteroatoms. The molecule has 1 aliphatic rings. The van der Waals surface area contributed by atoms with Gasteiger partial charge in [-0.25, -0.2) is 4.98 Å². The van der Waals surface area contributed by atoms with Crippen molar-refractivity contribution in [3.8, 4) is 0 Å². The van der Waals surface area contributed by atoms with Crippen molar-refractivity contribution >= 4 is 5.82 Å². The van der Waals surface area contributed by atoms with E-state index in [-0.39, 0.29) is 5.41 Å². The molecule has 2 nitrogen and oxygen atoms in total. The van der Waals surface area contributed by atoms with E-state index in [4.69, 9.17) is 0 Å². The Morgan fingerprint density at radius 1 is 1.18 bits per heavy atom. The summed E-state index contributed by atoms with van der Waals surface area (Å²) in [6.07, 6.45) is 8.62. The van der Waals surface area contributed by atoms with Gasteiger partial charge >= 0.3 is 0 Å². The third kappa shape index (κ3) is 3.45. The third-order valence-corrected chi connectivity index (χ3v) is 3.58. The highest BCUT2D eigenvalue weighted by Crippen LogP contribution is 2.25. The summed E-state index contributed by atoms with van der Waals surface area (Å²) in [4.78, 5) is 4.44. The largest absolute Gasteiger partial charge is 0.367 e. The van der Waals surface area contributed by atoms with Gasteiger partial charge in [0.05, 0.1) is 0 Å². The summed E-state index contributed by atoms with van der Waals surface area (Å²) in [5, 5.41) is 3.58. The van der Waals surface area contributed by atoms with E-state index in [1.807, 2.05) is 6.20 Å². The lowest BCUT2D eigenvalue weighted by Gasteiger charge is -2.25. The third-order valence-electron chi connectivity index (χ3n) is 3.58. The molecule has 0 radical (unpaired) electrons. The number of hydrogen-bond acceptors (Lipinski definition) is 2. The Bertz CT molecular complexity index is 359. The van der Waals surface area contributed by atoms with Gasteiger partial charge in [0.25, 0.3) is 0 Å². The van der Waals surface area contributed by atoms with E-state index < -0.39 is 0 Å². The van der Waals surface area contributed by atoms with Crippen molar-refractivity contribution in [3.63, 3.8) is 0 Å². The minimum Gasteiger partial charge on any atom is -0.367 e. The minimum atomic E-state index is 0.200. The number of aromatic nitrogens is 1. The summed E-state index contributed by atoms with van der Waals surface area (Å²) < 4.78 is 0. The fourth-order valence-corrected chi connectivity index (χ4v) is 2.43. The Balaban J connectivity index is 2.05. The number of rotatable bonds is 2. The van der Waals surface area contributed by atoms with Crippen LogP contribution in [0.4, 0.5) is 5.82 Å². The van der Waals surface area contributed by atoms with E-state index in [1.54, 1.807) is 0 Å². The van der Waals surface area contributed by atoms with Crippen LogP contribution in [0, 0.1) is 0 Å². The van der Waals surface area contributed by atoms with Gasteiger partial charge in [0.2, 0.25) is 0 Å². The quantitative estimate of drug-likeness (QED) is 0.829. The fraction of sp³-hybridized carbons (Fsp3) is 0.667. The number of hydrogen-bond donors (Lipinski definition) is 1. The molecule has 1 aromatic heterocycles. The van der Waals surface area contributed by atoms with Gasteiger partial charge in [-0.3, -0.25) is 0 Å². The second kappa shape index (κ2) is 5.07. The Morgan fingerprint density at radius 3 is 2.53 bits per heavy atom. The average molecular weight is 232 g/mol. The Morgan fingerprint density at radius 2 is 1.88 bits per heavy atom. The van der Waals surface area contributed by atoms with E-state index in [0.29, 0.717) is 6.04 Å². The predicted octanol–water partition coefficient (Wildman–Crippen LogP) is 4.12. The van der Waals surface area contributed by atoms with Crippen molar-refractivity contribution in [2.24, 2.45) is 0 Å². The van der Waals surface area contributed by atoms with E-state index >= 15 is 0 Å². The smallest absolute Gasteiger partial charge is 0.126 e. The van der Waals surface area contributed by atoms with Crippen LogP contribution in [-0.2, 0) is 5.41 Å². The highest BCUT2D eigenvalue weighted by Gasteiger charge is 2.16. The summed E-state index contributed by atoms with van der Waals surface area (Å²) >= 11 is 0. The average Bonchev–Trinajstić information content (AvgIpc) is 2.29. The lowest BCUT2D eigenvalue weighted by Crippen LogP contribution is -2.23. The van der Waals surface area contributed by atoms with Crippen LogP contribution in [-0.4, -0.2) is 11.0 Å². The van der Waals surface area contributed by atoms with Crippen LogP contribution in [0.15, 0.2) is 18.3 Å². The van der Waals surface area contributed by atoms with Crippen molar-refractivity contribution in [1.29, 1.82) is 0 Å². The maximum Gasteiger partial charge on any atom is 0.126 e. The molecule has 0 aromatic carbocycles. The summed E-state index contributed by atoms with van der Waals surface area (Å²) in [5.41, 5.74) is 1.55. The first-order valence-corrected chi connectivity index (χ1v) is 6.79. The van der Waals surface area contributed by atoms with Gasteiger partial charge in [-0.05, 0) is 36.0 Å². The molecule has 1 heterocycles. The van der Waals surface area contributed by atoms with E-state index in [9.17, 15) is 0 Å². The minimum absolute atomic E-state index is 0.200. The molecule has 1 N–H and O–H groups in total. The molecule has 0 atom stereocenters. The molecule has 0 unspecified atom stereocenters. The number of nitrogens with zero attached hydrogens (tertiary/aromatic N) is 1. The van der Waals surface area contributed by atoms with Crippen LogP contribution >= 0.6 is 0 Å². The zero-order valence-corrected chi connectivity index (χ0v) is 11.3. The van der Waals surface area contributed by atoms with Crippen LogP contribution in [0.2, 0.25) is 0 Å². The molecule has 94 valence electrons. The molecule has 2 rings (SSSR count). The number of pyridine rings is 1. The number of nitrogens with one attached hydrogen (secondary N) is 1. The number of anilines is 1. The summed E-state index contributed by atoms with van der Waals surface area (Å²) in [7, 11) is 0. The molecule has 0 saturated heterocycles. The highest BCUT2D eigenvalue weighted by molar-refractivity contribution is 5.40. The molecule has 0 bridgehead atoms. The molecule has 1 aromatic rings. The van der Waals surface area contributed by atoms with Crippen LogP contribution < -0.4 is 5.32 Å². The van der Waals surface area contributed by atoms with Gasteiger partial charge in [0.15, 0.2) is 0 Å². The van der Waals surface area contributed by atoms with Gasteiger partial charge in [0.1, 0.15) is 5.82 Å². The summed E-state index contributed by atoms with van der Waals surface area (Å²) in [5.74, 6) is 1.05. The van der Waals surface area contributed by atoms with Crippen molar-refractivity contribution < 1.29 is 0 Å². The molecule has 0 amide bonds. The Kier molecular flexibility index (Phi) is 3.70. The van der Waals surface area contributed by atoms with Crippen LogP contribution in [0.3, 0.4) is 0 Å². The van der Waals surface area contributed by atoms with Crippen LogP contribution in [0.25, 0.3) is 0 Å². The van der Waals surface area contributed by atoms with Crippen molar-refractivity contribution in [2.45, 2.75) is 64.3 Å². The van der Waals surface area contributed by atoms with Crippen LogP contribution in [0.5, 0.6) is 0 Å². The van der Waals surface area contributed by atoms with Gasteiger partial charge in [-0.2, -0.15) is 0 Å². The monoisotopic (exact) mass is 232 g/mol. The first-order valence-electron chi connectivity index (χ1n) is 6.79. The molecular formula is C15H24N2. The van der Waals surface area contributed by atoms with E-state index in [2.05, 4.69) is 43.2 Å². The summed E-state index contributed by atoms with van der Waals surface area (Å²) in [6, 6.07) is 4.95. The van der Waals surface area contributed by atoms with Crippen molar-refractivity contribution in [2.75, 3.05) is 5.32 Å². The predicted molar refractivity (Wildman–Crippen MR) is 73.4 cm³/mol. The molecular weight excluding hydrogens is 208 g/mol. The topological polar surface area (TPSA) is 24.9 Å². The zero-order valence-electron chi connectivity index (χ0n) is 11.3. The molecule has 0 spiro atoms. The van der Waals surface area contributed by atoms with Gasteiger partial charge < -0.3 is 5.32 Å².